The number of benzene rings is 1. The Morgan fingerprint density at radius 2 is 1.90 bits per heavy atom. The van der Waals surface area contributed by atoms with Gasteiger partial charge in [-0.1, -0.05) is 18.2 Å². The minimum Gasteiger partial charge on any atom is -0.398 e. The third-order valence-electron chi connectivity index (χ3n) is 10.6. The molecule has 3 aliphatic heterocycles. The molecule has 2 spiro atoms. The number of aryl methyl sites for hydroxylation is 1. The fourth-order valence-electron chi connectivity index (χ4n) is 8.09. The fraction of sp³-hybridized carbons (Fsp3) is 0.581. The number of piperazine rings is 1. The van der Waals surface area contributed by atoms with Crippen LogP contribution in [0.15, 0.2) is 18.7 Å². The van der Waals surface area contributed by atoms with Crippen LogP contribution in [0.25, 0.3) is 11.1 Å². The number of carbonyl (C=O) groups is 1. The molecule has 0 radical (unpaired) electrons. The number of halogens is 1. The van der Waals surface area contributed by atoms with Crippen molar-refractivity contribution in [1.82, 2.24) is 19.6 Å². The molecule has 1 aromatic heterocycles. The van der Waals surface area contributed by atoms with Gasteiger partial charge < -0.3 is 25.7 Å². The van der Waals surface area contributed by atoms with Crippen molar-refractivity contribution >= 4 is 35.2 Å². The van der Waals surface area contributed by atoms with Gasteiger partial charge in [0.1, 0.15) is 0 Å². The summed E-state index contributed by atoms with van der Waals surface area (Å²) in [4.78, 5) is 19.1. The van der Waals surface area contributed by atoms with Crippen LogP contribution in [0.4, 0.5) is 11.5 Å². The van der Waals surface area contributed by atoms with E-state index < -0.39 is 0 Å². The van der Waals surface area contributed by atoms with E-state index in [1.807, 2.05) is 17.9 Å². The standard InChI is InChI=1S/C31H40ClN7O2/c1-4-25(40)37-16-30(17-37)11-21(12-30)39-20(3)26(27-23(13-33)24(34)10-19(2)28(27)32)29(35-39)38-9-8-36(22-14-41-15-22)18-31(38)6-5-7-31/h4,10,13,21-22,33H,1,5-9,11-12,14-18,34H2,2-3H3. The highest BCUT2D eigenvalue weighted by Gasteiger charge is 2.55. The van der Waals surface area contributed by atoms with E-state index in [-0.39, 0.29) is 22.9 Å². The summed E-state index contributed by atoms with van der Waals surface area (Å²) in [6.45, 7) is 13.9. The molecule has 1 amide bonds. The maximum atomic E-state index is 12.1. The molecular formula is C31H40ClN7O2. The number of anilines is 2. The molecule has 7 rings (SSSR count). The first-order chi connectivity index (χ1) is 19.7. The number of ether oxygens (including phenoxy) is 1. The summed E-state index contributed by atoms with van der Waals surface area (Å²) in [5.41, 5.74) is 11.7. The van der Waals surface area contributed by atoms with E-state index in [0.29, 0.717) is 22.3 Å². The van der Waals surface area contributed by atoms with Gasteiger partial charge in [0.15, 0.2) is 5.82 Å². The second kappa shape index (κ2) is 9.57. The van der Waals surface area contributed by atoms with Gasteiger partial charge in [-0.05, 0) is 63.7 Å². The third-order valence-corrected chi connectivity index (χ3v) is 11.1. The van der Waals surface area contributed by atoms with Crippen LogP contribution in [0.5, 0.6) is 0 Å². The van der Waals surface area contributed by atoms with E-state index in [2.05, 4.69) is 28.0 Å². The molecule has 10 heteroatoms. The molecular weight excluding hydrogens is 538 g/mol. The summed E-state index contributed by atoms with van der Waals surface area (Å²) in [6.07, 6.45) is 8.24. The molecule has 41 heavy (non-hydrogen) atoms. The maximum absolute atomic E-state index is 12.1. The second-order valence-electron chi connectivity index (χ2n) is 13.1. The predicted octanol–water partition coefficient (Wildman–Crippen LogP) is 4.19. The summed E-state index contributed by atoms with van der Waals surface area (Å²) in [5, 5.41) is 14.3. The third kappa shape index (κ3) is 3.99. The Hall–Kier alpha value is -2.88. The SMILES string of the molecule is C=CC(=O)N1CC2(CC(n3nc(N4CCN(C5COC5)CC45CCC5)c(-c4c(Cl)c(C)cc(N)c4C=N)c3C)C2)C1. The van der Waals surface area contributed by atoms with Crippen LogP contribution in [0.1, 0.15) is 55.0 Å². The summed E-state index contributed by atoms with van der Waals surface area (Å²) < 4.78 is 7.75. The Kier molecular flexibility index (Phi) is 6.30. The number of hydrogen-bond acceptors (Lipinski definition) is 7. The summed E-state index contributed by atoms with van der Waals surface area (Å²) in [5.74, 6) is 0.989. The van der Waals surface area contributed by atoms with Gasteiger partial charge in [0.05, 0.1) is 35.9 Å². The lowest BCUT2D eigenvalue weighted by Gasteiger charge is -2.59. The number of nitrogens with one attached hydrogen (secondary N) is 1. The van der Waals surface area contributed by atoms with E-state index in [1.54, 1.807) is 0 Å². The minimum absolute atomic E-state index is 0.0168. The molecule has 218 valence electrons. The van der Waals surface area contributed by atoms with Crippen LogP contribution in [0, 0.1) is 24.7 Å². The van der Waals surface area contributed by atoms with E-state index in [1.165, 1.54) is 18.7 Å². The lowest BCUT2D eigenvalue weighted by molar-refractivity contribution is -0.149. The van der Waals surface area contributed by atoms with Crippen LogP contribution in [0.3, 0.4) is 0 Å². The summed E-state index contributed by atoms with van der Waals surface area (Å²) >= 11 is 7.07. The molecule has 5 fully saturated rings. The fourth-order valence-corrected chi connectivity index (χ4v) is 8.34. The number of likely N-dealkylation sites (tertiary alicyclic amines) is 1. The second-order valence-corrected chi connectivity index (χ2v) is 13.5. The highest BCUT2D eigenvalue weighted by molar-refractivity contribution is 6.35. The highest BCUT2D eigenvalue weighted by Crippen LogP contribution is 2.56. The zero-order chi connectivity index (χ0) is 28.7. The zero-order valence-corrected chi connectivity index (χ0v) is 24.8. The molecule has 2 saturated carbocycles. The van der Waals surface area contributed by atoms with Gasteiger partial charge in [-0.3, -0.25) is 14.4 Å². The van der Waals surface area contributed by atoms with Gasteiger partial charge in [-0.2, -0.15) is 5.10 Å². The lowest BCUT2D eigenvalue weighted by atomic mass is 9.60. The number of aromatic nitrogens is 2. The van der Waals surface area contributed by atoms with Gasteiger partial charge in [-0.15, -0.1) is 0 Å². The number of nitrogen functional groups attached to an aromatic ring is 1. The smallest absolute Gasteiger partial charge is 0.245 e. The van der Waals surface area contributed by atoms with Crippen LogP contribution in [0.2, 0.25) is 5.02 Å². The first-order valence-corrected chi connectivity index (χ1v) is 15.3. The van der Waals surface area contributed by atoms with Crippen molar-refractivity contribution < 1.29 is 9.53 Å². The Morgan fingerprint density at radius 1 is 1.17 bits per heavy atom. The summed E-state index contributed by atoms with van der Waals surface area (Å²) in [7, 11) is 0. The molecule has 9 nitrogen and oxygen atoms in total. The monoisotopic (exact) mass is 577 g/mol. The molecule has 3 saturated heterocycles. The van der Waals surface area contributed by atoms with Gasteiger partial charge in [0, 0.05) is 72.4 Å². The molecule has 0 bridgehead atoms. The maximum Gasteiger partial charge on any atom is 0.245 e. The average Bonchev–Trinajstić information content (AvgIpc) is 3.18. The van der Waals surface area contributed by atoms with Crippen LogP contribution in [-0.2, 0) is 9.53 Å². The quantitative estimate of drug-likeness (QED) is 0.303. The van der Waals surface area contributed by atoms with Gasteiger partial charge in [-0.25, -0.2) is 0 Å². The van der Waals surface area contributed by atoms with E-state index in [4.69, 9.17) is 32.6 Å². The van der Waals surface area contributed by atoms with Gasteiger partial charge >= 0.3 is 0 Å². The topological polar surface area (TPSA) is 104 Å². The van der Waals surface area contributed by atoms with Crippen molar-refractivity contribution in [1.29, 1.82) is 5.41 Å². The molecule has 1 aromatic carbocycles. The predicted molar refractivity (Wildman–Crippen MR) is 162 cm³/mol. The molecule has 2 aliphatic carbocycles. The number of carbonyl (C=O) groups excluding carboxylic acids is 1. The van der Waals surface area contributed by atoms with Crippen molar-refractivity contribution in [3.05, 3.63) is 40.6 Å². The van der Waals surface area contributed by atoms with Crippen molar-refractivity contribution in [2.45, 2.75) is 63.6 Å². The Morgan fingerprint density at radius 3 is 2.49 bits per heavy atom. The average molecular weight is 578 g/mol. The van der Waals surface area contributed by atoms with Crippen molar-refractivity contribution in [2.75, 3.05) is 56.6 Å². The first kappa shape index (κ1) is 27.0. The van der Waals surface area contributed by atoms with Crippen molar-refractivity contribution in [3.63, 3.8) is 0 Å². The molecule has 2 aromatic rings. The Balaban J connectivity index is 1.29. The molecule has 4 heterocycles. The largest absolute Gasteiger partial charge is 0.398 e. The number of nitrogens with zero attached hydrogens (tertiary/aromatic N) is 5. The van der Waals surface area contributed by atoms with Crippen molar-refractivity contribution in [3.8, 4) is 11.1 Å². The van der Waals surface area contributed by atoms with Crippen LogP contribution < -0.4 is 10.6 Å². The minimum atomic E-state index is 0.0168. The van der Waals surface area contributed by atoms with Crippen LogP contribution in [-0.4, -0.2) is 89.2 Å². The number of hydrogen-bond donors (Lipinski definition) is 2. The molecule has 0 unspecified atom stereocenters. The van der Waals surface area contributed by atoms with Gasteiger partial charge in [0.2, 0.25) is 5.91 Å². The zero-order valence-electron chi connectivity index (χ0n) is 24.1. The molecule has 5 aliphatic rings. The van der Waals surface area contributed by atoms with E-state index in [9.17, 15) is 4.79 Å². The van der Waals surface area contributed by atoms with Crippen LogP contribution >= 0.6 is 11.6 Å². The summed E-state index contributed by atoms with van der Waals surface area (Å²) in [6, 6.07) is 2.64. The van der Waals surface area contributed by atoms with E-state index >= 15 is 0 Å². The Bertz CT molecular complexity index is 1430. The highest BCUT2D eigenvalue weighted by atomic mass is 35.5. The first-order valence-electron chi connectivity index (χ1n) is 14.9. The number of amides is 1. The number of nitrogens with two attached hydrogens (primary N) is 1. The van der Waals surface area contributed by atoms with Crippen molar-refractivity contribution in [2.24, 2.45) is 5.41 Å². The molecule has 3 N–H and O–H groups in total. The normalized spacial score (nSPS) is 23.6. The van der Waals surface area contributed by atoms with E-state index in [0.717, 1.165) is 99.8 Å². The van der Waals surface area contributed by atoms with Gasteiger partial charge in [0.25, 0.3) is 0 Å². The Labute approximate surface area is 246 Å². The lowest BCUT2D eigenvalue weighted by Crippen LogP contribution is -2.69. The number of rotatable bonds is 6. The molecule has 0 atom stereocenters.